The van der Waals surface area contributed by atoms with Gasteiger partial charge in [0.25, 0.3) is 0 Å². The van der Waals surface area contributed by atoms with E-state index in [1.54, 1.807) is 0 Å². The van der Waals surface area contributed by atoms with E-state index in [1.807, 2.05) is 0 Å². The molecule has 0 aromatic heterocycles. The van der Waals surface area contributed by atoms with Gasteiger partial charge in [0.05, 0.1) is 6.54 Å². The Labute approximate surface area is 79.5 Å². The summed E-state index contributed by atoms with van der Waals surface area (Å²) >= 11 is 0. The highest BCUT2D eigenvalue weighted by Gasteiger charge is 2.31. The van der Waals surface area contributed by atoms with Crippen LogP contribution in [0.4, 0.5) is 0 Å². The number of hydrogen-bond donors (Lipinski definition) is 2. The first-order valence-electron chi connectivity index (χ1n) is 5.11. The number of carboxylic acid groups (broad SMARTS) is 1. The first kappa shape index (κ1) is 10.5. The molecule has 0 spiro atoms. The third-order valence-corrected chi connectivity index (χ3v) is 3.19. The normalized spacial score (nSPS) is 20.4. The highest BCUT2D eigenvalue weighted by atomic mass is 16.4. The summed E-state index contributed by atoms with van der Waals surface area (Å²) in [6.07, 6.45) is 6.30. The second-order valence-electron chi connectivity index (χ2n) is 4.06. The molecule has 1 rings (SSSR count). The van der Waals surface area contributed by atoms with Crippen molar-refractivity contribution >= 4 is 5.97 Å². The molecule has 0 heterocycles. The third-order valence-electron chi connectivity index (χ3n) is 3.19. The van der Waals surface area contributed by atoms with Gasteiger partial charge < -0.3 is 10.4 Å². The molecule has 2 N–H and O–H groups in total. The van der Waals surface area contributed by atoms with Crippen molar-refractivity contribution in [2.24, 2.45) is 5.41 Å². The molecule has 1 aliphatic rings. The topological polar surface area (TPSA) is 49.3 Å². The Morgan fingerprint density at radius 1 is 1.46 bits per heavy atom. The van der Waals surface area contributed by atoms with E-state index in [0.717, 1.165) is 6.54 Å². The Morgan fingerprint density at radius 3 is 2.54 bits per heavy atom. The second-order valence-corrected chi connectivity index (χ2v) is 4.06. The maximum atomic E-state index is 10.3. The molecule has 0 aliphatic heterocycles. The fourth-order valence-corrected chi connectivity index (χ4v) is 2.21. The quantitative estimate of drug-likeness (QED) is 0.684. The summed E-state index contributed by atoms with van der Waals surface area (Å²) < 4.78 is 0. The van der Waals surface area contributed by atoms with Gasteiger partial charge in [-0.25, -0.2) is 0 Å². The number of nitrogens with one attached hydrogen (secondary N) is 1. The smallest absolute Gasteiger partial charge is 0.317 e. The molecule has 1 fully saturated rings. The van der Waals surface area contributed by atoms with Gasteiger partial charge in [0.1, 0.15) is 0 Å². The van der Waals surface area contributed by atoms with E-state index in [1.165, 1.54) is 32.1 Å². The van der Waals surface area contributed by atoms with E-state index >= 15 is 0 Å². The van der Waals surface area contributed by atoms with Crippen LogP contribution in [0, 0.1) is 5.41 Å². The summed E-state index contributed by atoms with van der Waals surface area (Å²) in [6.45, 7) is 3.17. The molecule has 1 saturated carbocycles. The summed E-state index contributed by atoms with van der Waals surface area (Å²) in [5.74, 6) is -0.760. The van der Waals surface area contributed by atoms with E-state index in [0.29, 0.717) is 5.41 Å². The summed E-state index contributed by atoms with van der Waals surface area (Å²) in [4.78, 5) is 10.3. The molecular formula is C10H19NO2. The monoisotopic (exact) mass is 185 g/mol. The van der Waals surface area contributed by atoms with Crippen molar-refractivity contribution < 1.29 is 9.90 Å². The van der Waals surface area contributed by atoms with Crippen LogP contribution in [-0.4, -0.2) is 24.2 Å². The highest BCUT2D eigenvalue weighted by molar-refractivity contribution is 5.68. The van der Waals surface area contributed by atoms with Gasteiger partial charge >= 0.3 is 5.97 Å². The lowest BCUT2D eigenvalue weighted by Crippen LogP contribution is -2.34. The van der Waals surface area contributed by atoms with Crippen molar-refractivity contribution in [3.8, 4) is 0 Å². The van der Waals surface area contributed by atoms with Gasteiger partial charge in [-0.3, -0.25) is 4.79 Å². The predicted molar refractivity (Wildman–Crippen MR) is 51.7 cm³/mol. The van der Waals surface area contributed by atoms with Gasteiger partial charge in [0.2, 0.25) is 0 Å². The average molecular weight is 185 g/mol. The number of hydrogen-bond acceptors (Lipinski definition) is 2. The molecule has 76 valence electrons. The highest BCUT2D eigenvalue weighted by Crippen LogP contribution is 2.40. The van der Waals surface area contributed by atoms with E-state index in [2.05, 4.69) is 12.2 Å². The van der Waals surface area contributed by atoms with Crippen LogP contribution in [0.5, 0.6) is 0 Å². The Hall–Kier alpha value is -0.570. The zero-order valence-corrected chi connectivity index (χ0v) is 8.31. The zero-order valence-electron chi connectivity index (χ0n) is 8.31. The number of carboxylic acids is 1. The van der Waals surface area contributed by atoms with Crippen LogP contribution in [-0.2, 0) is 4.79 Å². The molecule has 0 aromatic rings. The standard InChI is InChI=1S/C10H19NO2/c1-2-10(5-3-4-6-10)8-11-7-9(12)13/h11H,2-8H2,1H3,(H,12,13). The maximum Gasteiger partial charge on any atom is 0.317 e. The SMILES string of the molecule is CCC1(CNCC(=O)O)CCCC1. The fraction of sp³-hybridized carbons (Fsp3) is 0.900. The minimum Gasteiger partial charge on any atom is -0.480 e. The van der Waals surface area contributed by atoms with E-state index in [-0.39, 0.29) is 6.54 Å². The van der Waals surface area contributed by atoms with E-state index in [9.17, 15) is 4.79 Å². The predicted octanol–water partition coefficient (Wildman–Crippen LogP) is 1.63. The summed E-state index contributed by atoms with van der Waals surface area (Å²) in [6, 6.07) is 0. The van der Waals surface area contributed by atoms with Crippen molar-refractivity contribution in [3.05, 3.63) is 0 Å². The van der Waals surface area contributed by atoms with Crippen LogP contribution in [0.3, 0.4) is 0 Å². The number of aliphatic carboxylic acids is 1. The minimum atomic E-state index is -0.760. The largest absolute Gasteiger partial charge is 0.480 e. The molecule has 0 amide bonds. The van der Waals surface area contributed by atoms with Crippen LogP contribution in [0.2, 0.25) is 0 Å². The Kier molecular flexibility index (Phi) is 3.72. The molecule has 0 atom stereocenters. The molecule has 0 aromatic carbocycles. The fourth-order valence-electron chi connectivity index (χ4n) is 2.21. The maximum absolute atomic E-state index is 10.3. The first-order valence-corrected chi connectivity index (χ1v) is 5.11. The summed E-state index contributed by atoms with van der Waals surface area (Å²) in [5, 5.41) is 11.5. The average Bonchev–Trinajstić information content (AvgIpc) is 2.53. The van der Waals surface area contributed by atoms with Crippen LogP contribution in [0.1, 0.15) is 39.0 Å². The van der Waals surface area contributed by atoms with Crippen LogP contribution < -0.4 is 5.32 Å². The number of rotatable bonds is 5. The first-order chi connectivity index (χ1) is 6.18. The molecule has 13 heavy (non-hydrogen) atoms. The number of carbonyl (C=O) groups is 1. The van der Waals surface area contributed by atoms with Gasteiger partial charge in [-0.1, -0.05) is 19.8 Å². The Bertz CT molecular complexity index is 174. The second kappa shape index (κ2) is 4.61. The van der Waals surface area contributed by atoms with Crippen LogP contribution >= 0.6 is 0 Å². The lowest BCUT2D eigenvalue weighted by molar-refractivity contribution is -0.136. The van der Waals surface area contributed by atoms with Gasteiger partial charge in [0.15, 0.2) is 0 Å². The molecule has 3 nitrogen and oxygen atoms in total. The van der Waals surface area contributed by atoms with Crippen molar-refractivity contribution in [1.29, 1.82) is 0 Å². The lowest BCUT2D eigenvalue weighted by atomic mass is 9.83. The van der Waals surface area contributed by atoms with Crippen molar-refractivity contribution in [2.75, 3.05) is 13.1 Å². The molecular weight excluding hydrogens is 166 g/mol. The van der Waals surface area contributed by atoms with E-state index in [4.69, 9.17) is 5.11 Å². The van der Waals surface area contributed by atoms with E-state index < -0.39 is 5.97 Å². The molecule has 3 heteroatoms. The van der Waals surface area contributed by atoms with Gasteiger partial charge in [-0.15, -0.1) is 0 Å². The van der Waals surface area contributed by atoms with Crippen LogP contribution in [0.25, 0.3) is 0 Å². The zero-order chi connectivity index (χ0) is 9.73. The minimum absolute atomic E-state index is 0.0990. The van der Waals surface area contributed by atoms with Gasteiger partial charge in [0, 0.05) is 6.54 Å². The van der Waals surface area contributed by atoms with Gasteiger partial charge in [-0.05, 0) is 24.7 Å². The molecule has 0 unspecified atom stereocenters. The molecule has 0 bridgehead atoms. The molecule has 0 radical (unpaired) electrons. The Balaban J connectivity index is 2.27. The summed E-state index contributed by atoms with van der Waals surface area (Å²) in [7, 11) is 0. The van der Waals surface area contributed by atoms with Gasteiger partial charge in [-0.2, -0.15) is 0 Å². The lowest BCUT2D eigenvalue weighted by Gasteiger charge is -2.27. The van der Waals surface area contributed by atoms with Crippen molar-refractivity contribution in [1.82, 2.24) is 5.32 Å². The molecule has 0 saturated heterocycles. The molecule has 1 aliphatic carbocycles. The van der Waals surface area contributed by atoms with Crippen LogP contribution in [0.15, 0.2) is 0 Å². The van der Waals surface area contributed by atoms with Crippen molar-refractivity contribution in [3.63, 3.8) is 0 Å². The van der Waals surface area contributed by atoms with Crippen molar-refractivity contribution in [2.45, 2.75) is 39.0 Å². The summed E-state index contributed by atoms with van der Waals surface area (Å²) in [5.41, 5.74) is 0.398. The Morgan fingerprint density at radius 2 is 2.08 bits per heavy atom. The third kappa shape index (κ3) is 2.99.